The van der Waals surface area contributed by atoms with Crippen LogP contribution in [0.1, 0.15) is 124 Å². The fourth-order valence-corrected chi connectivity index (χ4v) is 6.49. The van der Waals surface area contributed by atoms with E-state index in [1.807, 2.05) is 13.8 Å². The quantitative estimate of drug-likeness (QED) is 0.347. The third-order valence-electron chi connectivity index (χ3n) is 8.64. The van der Waals surface area contributed by atoms with E-state index in [-0.39, 0.29) is 46.5 Å². The zero-order valence-corrected chi connectivity index (χ0v) is 22.8. The first-order valence-electron chi connectivity index (χ1n) is 14.4. The van der Waals surface area contributed by atoms with Gasteiger partial charge in [-0.2, -0.15) is 0 Å². The molecule has 5 rings (SSSR count). The second-order valence-electron chi connectivity index (χ2n) is 10.9. The summed E-state index contributed by atoms with van der Waals surface area (Å²) in [6.45, 7) is 3.86. The summed E-state index contributed by atoms with van der Waals surface area (Å²) in [6, 6.07) is 4.08. The average molecular weight is 536 g/mol. The molecule has 2 aromatic rings. The largest absolute Gasteiger partial charge is 0.493 e. The van der Waals surface area contributed by atoms with E-state index in [1.165, 1.54) is 14.0 Å². The van der Waals surface area contributed by atoms with Gasteiger partial charge in [0.25, 0.3) is 17.4 Å². The first-order valence-corrected chi connectivity index (χ1v) is 14.4. The van der Waals surface area contributed by atoms with Gasteiger partial charge in [-0.25, -0.2) is 4.79 Å². The highest BCUT2D eigenvalue weighted by molar-refractivity contribution is 6.23. The Hall–Kier alpha value is -3.56. The summed E-state index contributed by atoms with van der Waals surface area (Å²) in [4.78, 5) is 55.0. The van der Waals surface area contributed by atoms with Crippen LogP contribution in [0.25, 0.3) is 0 Å². The number of imide groups is 1. The molecule has 2 heterocycles. The van der Waals surface area contributed by atoms with Crippen molar-refractivity contribution in [1.29, 1.82) is 0 Å². The van der Waals surface area contributed by atoms with Gasteiger partial charge in [0.15, 0.2) is 0 Å². The molecule has 1 aromatic heterocycles. The molecular formula is C29H37N5O5. The van der Waals surface area contributed by atoms with Gasteiger partial charge in [0.2, 0.25) is 11.6 Å². The van der Waals surface area contributed by atoms with E-state index in [1.54, 1.807) is 18.2 Å². The highest BCUT2D eigenvalue weighted by atomic mass is 16.3. The van der Waals surface area contributed by atoms with E-state index in [0.29, 0.717) is 12.8 Å². The summed E-state index contributed by atoms with van der Waals surface area (Å²) in [6.07, 6.45) is 10.0. The monoisotopic (exact) mass is 535 g/mol. The average Bonchev–Trinajstić information content (AvgIpc) is 3.21. The standard InChI is InChI=1S/C29H37N5O5/c1-3-18(4-2)32-25(35)21-16-11-17-22(23(21)26(32)36)30-31-24-27(37)33(19-12-7-5-8-13-19)29(39)34(28(24)38)20-14-9-6-10-15-20/h11,16-20,37H,3-10,12-15H2,1-2H3. The molecule has 1 aliphatic heterocycles. The maximum atomic E-state index is 13.6. The molecule has 0 atom stereocenters. The van der Waals surface area contributed by atoms with E-state index in [2.05, 4.69) is 10.2 Å². The molecule has 3 aliphatic rings. The van der Waals surface area contributed by atoms with Crippen LogP contribution in [0.2, 0.25) is 0 Å². The molecule has 2 amide bonds. The van der Waals surface area contributed by atoms with E-state index in [9.17, 15) is 24.3 Å². The number of hydrogen-bond donors (Lipinski definition) is 1. The van der Waals surface area contributed by atoms with Crippen molar-refractivity contribution in [3.63, 3.8) is 0 Å². The highest BCUT2D eigenvalue weighted by Crippen LogP contribution is 2.37. The molecule has 208 valence electrons. The van der Waals surface area contributed by atoms with Crippen molar-refractivity contribution in [2.45, 2.75) is 109 Å². The SMILES string of the molecule is CCC(CC)N1C(=O)c2cccc(N=Nc3c(O)n(C4CCCCC4)c(=O)n(C4CCCCC4)c3=O)c2C1=O. The molecular weight excluding hydrogens is 498 g/mol. The normalized spacial score (nSPS) is 19.0. The molecule has 39 heavy (non-hydrogen) atoms. The Morgan fingerprint density at radius 1 is 0.821 bits per heavy atom. The lowest BCUT2D eigenvalue weighted by atomic mass is 9.94. The van der Waals surface area contributed by atoms with Crippen LogP contribution in [0.4, 0.5) is 11.4 Å². The van der Waals surface area contributed by atoms with Crippen molar-refractivity contribution in [2.75, 3.05) is 0 Å². The summed E-state index contributed by atoms with van der Waals surface area (Å²) >= 11 is 0. The fraction of sp³-hybridized carbons (Fsp3) is 0.586. The number of carbonyl (C=O) groups excluding carboxylic acids is 2. The van der Waals surface area contributed by atoms with Crippen LogP contribution in [-0.2, 0) is 0 Å². The molecule has 1 N–H and O–H groups in total. The second-order valence-corrected chi connectivity index (χ2v) is 10.9. The second kappa shape index (κ2) is 11.3. The number of hydrogen-bond acceptors (Lipinski definition) is 7. The first kappa shape index (κ1) is 27.0. The number of amides is 2. The molecule has 2 aliphatic carbocycles. The van der Waals surface area contributed by atoms with Crippen LogP contribution < -0.4 is 11.2 Å². The summed E-state index contributed by atoms with van der Waals surface area (Å²) < 4.78 is 2.60. The van der Waals surface area contributed by atoms with Gasteiger partial charge in [-0.15, -0.1) is 10.2 Å². The molecule has 0 spiro atoms. The molecule has 2 saturated carbocycles. The highest BCUT2D eigenvalue weighted by Gasteiger charge is 2.40. The minimum absolute atomic E-state index is 0.144. The number of carbonyl (C=O) groups is 2. The number of fused-ring (bicyclic) bond motifs is 1. The minimum Gasteiger partial charge on any atom is -0.493 e. The number of aromatic nitrogens is 2. The Labute approximate surface area is 227 Å². The Bertz CT molecular complexity index is 1410. The summed E-state index contributed by atoms with van der Waals surface area (Å²) in [7, 11) is 0. The van der Waals surface area contributed by atoms with E-state index in [4.69, 9.17) is 0 Å². The molecule has 0 unspecified atom stereocenters. The number of benzene rings is 1. The van der Waals surface area contributed by atoms with Crippen LogP contribution >= 0.6 is 0 Å². The van der Waals surface area contributed by atoms with Crippen LogP contribution in [-0.4, -0.2) is 37.0 Å². The topological polar surface area (TPSA) is 126 Å². The Morgan fingerprint density at radius 3 is 2.00 bits per heavy atom. The van der Waals surface area contributed by atoms with Gasteiger partial charge in [0.1, 0.15) is 0 Å². The molecule has 0 radical (unpaired) electrons. The van der Waals surface area contributed by atoms with Crippen molar-refractivity contribution in [2.24, 2.45) is 10.2 Å². The van der Waals surface area contributed by atoms with Crippen LogP contribution in [0.15, 0.2) is 38.0 Å². The van der Waals surface area contributed by atoms with Gasteiger partial charge < -0.3 is 5.11 Å². The number of aromatic hydroxyl groups is 1. The van der Waals surface area contributed by atoms with Crippen LogP contribution in [0.5, 0.6) is 5.88 Å². The number of nitrogens with zero attached hydrogens (tertiary/aromatic N) is 5. The summed E-state index contributed by atoms with van der Waals surface area (Å²) in [5, 5.41) is 19.6. The lowest BCUT2D eigenvalue weighted by molar-refractivity contribution is 0.0576. The third-order valence-corrected chi connectivity index (χ3v) is 8.64. The molecule has 10 nitrogen and oxygen atoms in total. The third kappa shape index (κ3) is 4.74. The maximum Gasteiger partial charge on any atom is 0.334 e. The van der Waals surface area contributed by atoms with Crippen LogP contribution in [0, 0.1) is 0 Å². The molecule has 10 heteroatoms. The predicted molar refractivity (Wildman–Crippen MR) is 146 cm³/mol. The number of azo groups is 1. The first-order chi connectivity index (χ1) is 18.9. The molecule has 1 aromatic carbocycles. The smallest absolute Gasteiger partial charge is 0.334 e. The van der Waals surface area contributed by atoms with Gasteiger partial charge in [0, 0.05) is 18.1 Å². The number of rotatable bonds is 7. The van der Waals surface area contributed by atoms with E-state index < -0.39 is 23.0 Å². The summed E-state index contributed by atoms with van der Waals surface area (Å²) in [5.74, 6) is -1.29. The summed E-state index contributed by atoms with van der Waals surface area (Å²) in [5.41, 5.74) is -0.925. The predicted octanol–water partition coefficient (Wildman–Crippen LogP) is 5.93. The minimum atomic E-state index is -0.672. The lowest BCUT2D eigenvalue weighted by Crippen LogP contribution is -2.43. The van der Waals surface area contributed by atoms with E-state index >= 15 is 0 Å². The van der Waals surface area contributed by atoms with Crippen molar-refractivity contribution < 1.29 is 14.7 Å². The van der Waals surface area contributed by atoms with Crippen molar-refractivity contribution in [3.05, 3.63) is 50.2 Å². The molecule has 0 saturated heterocycles. The van der Waals surface area contributed by atoms with Gasteiger partial charge in [0.05, 0.1) is 16.8 Å². The zero-order chi connectivity index (χ0) is 27.7. The lowest BCUT2D eigenvalue weighted by Gasteiger charge is -2.28. The van der Waals surface area contributed by atoms with Crippen molar-refractivity contribution in [1.82, 2.24) is 14.0 Å². The Kier molecular flexibility index (Phi) is 7.81. The molecule has 2 fully saturated rings. The van der Waals surface area contributed by atoms with Crippen molar-refractivity contribution in [3.8, 4) is 5.88 Å². The zero-order valence-electron chi connectivity index (χ0n) is 22.8. The fourth-order valence-electron chi connectivity index (χ4n) is 6.49. The molecule has 0 bridgehead atoms. The Morgan fingerprint density at radius 2 is 1.41 bits per heavy atom. The Balaban J connectivity index is 1.61. The van der Waals surface area contributed by atoms with Gasteiger partial charge in [-0.05, 0) is 50.7 Å². The van der Waals surface area contributed by atoms with Crippen molar-refractivity contribution >= 4 is 23.2 Å². The van der Waals surface area contributed by atoms with Gasteiger partial charge >= 0.3 is 5.69 Å². The van der Waals surface area contributed by atoms with Gasteiger partial charge in [-0.1, -0.05) is 58.4 Å². The van der Waals surface area contributed by atoms with E-state index in [0.717, 1.165) is 64.2 Å². The maximum absolute atomic E-state index is 13.6. The van der Waals surface area contributed by atoms with Gasteiger partial charge in [-0.3, -0.25) is 28.4 Å². The van der Waals surface area contributed by atoms with Crippen LogP contribution in [0.3, 0.4) is 0 Å².